The number of nitrogens with one attached hydrogen (secondary N) is 2. The summed E-state index contributed by atoms with van der Waals surface area (Å²) >= 11 is 0. The number of benzene rings is 1. The van der Waals surface area contributed by atoms with Crippen molar-refractivity contribution in [1.82, 2.24) is 10.6 Å². The zero-order valence-electron chi connectivity index (χ0n) is 13.3. The van der Waals surface area contributed by atoms with E-state index in [1.165, 1.54) is 6.07 Å². The fraction of sp³-hybridized carbons (Fsp3) is 0.471. The summed E-state index contributed by atoms with van der Waals surface area (Å²) < 4.78 is 14.4. The van der Waals surface area contributed by atoms with Crippen molar-refractivity contribution in [2.45, 2.75) is 38.1 Å². The van der Waals surface area contributed by atoms with Gasteiger partial charge >= 0.3 is 0 Å². The van der Waals surface area contributed by atoms with Crippen molar-refractivity contribution in [3.63, 3.8) is 0 Å². The zero-order chi connectivity index (χ0) is 17.1. The summed E-state index contributed by atoms with van der Waals surface area (Å²) in [7, 11) is 0. The van der Waals surface area contributed by atoms with E-state index in [4.69, 9.17) is 0 Å². The third-order valence-corrected chi connectivity index (χ3v) is 4.45. The molecule has 1 aromatic rings. The second-order valence-electron chi connectivity index (χ2n) is 6.19. The fourth-order valence-corrected chi connectivity index (χ4v) is 3.11. The highest BCUT2D eigenvalue weighted by atomic mass is 19.1. The first kappa shape index (κ1) is 16.4. The van der Waals surface area contributed by atoms with Crippen LogP contribution in [0, 0.1) is 5.82 Å². The van der Waals surface area contributed by atoms with Gasteiger partial charge in [0.25, 0.3) is 5.91 Å². The summed E-state index contributed by atoms with van der Waals surface area (Å²) in [5.41, 5.74) is 0.671. The number of imide groups is 1. The van der Waals surface area contributed by atoms with Crippen LogP contribution in [0.3, 0.4) is 0 Å². The Morgan fingerprint density at radius 2 is 1.96 bits per heavy atom. The Hall–Kier alpha value is -2.44. The molecule has 1 atom stereocenters. The predicted octanol–water partition coefficient (Wildman–Crippen LogP) is 1.35. The van der Waals surface area contributed by atoms with Gasteiger partial charge in [0, 0.05) is 25.1 Å². The van der Waals surface area contributed by atoms with Crippen LogP contribution in [0.15, 0.2) is 18.2 Å². The van der Waals surface area contributed by atoms with Gasteiger partial charge in [-0.15, -0.1) is 0 Å². The number of nitrogens with zero attached hydrogens (tertiary/aromatic N) is 1. The molecule has 3 rings (SSSR count). The molecule has 2 aliphatic heterocycles. The van der Waals surface area contributed by atoms with Gasteiger partial charge in [-0.05, 0) is 43.9 Å². The molecule has 0 saturated carbocycles. The Morgan fingerprint density at radius 3 is 2.62 bits per heavy atom. The first-order valence-corrected chi connectivity index (χ1v) is 8.23. The smallest absolute Gasteiger partial charge is 0.252 e. The number of rotatable bonds is 3. The first-order chi connectivity index (χ1) is 11.5. The number of carbonyl (C=O) groups excluding carboxylic acids is 3. The molecule has 0 aromatic heterocycles. The largest absolute Gasteiger partial charge is 0.369 e. The van der Waals surface area contributed by atoms with Crippen LogP contribution in [-0.4, -0.2) is 36.9 Å². The molecule has 0 unspecified atom stereocenters. The van der Waals surface area contributed by atoms with Gasteiger partial charge in [-0.25, -0.2) is 4.39 Å². The molecule has 2 heterocycles. The van der Waals surface area contributed by atoms with Crippen LogP contribution >= 0.6 is 0 Å². The number of halogens is 1. The van der Waals surface area contributed by atoms with Gasteiger partial charge in [0.2, 0.25) is 11.8 Å². The fourth-order valence-electron chi connectivity index (χ4n) is 3.11. The monoisotopic (exact) mass is 333 g/mol. The van der Waals surface area contributed by atoms with Crippen molar-refractivity contribution in [2.24, 2.45) is 0 Å². The lowest BCUT2D eigenvalue weighted by Crippen LogP contribution is -2.52. The molecule has 0 spiro atoms. The second kappa shape index (κ2) is 6.98. The average Bonchev–Trinajstić information content (AvgIpc) is 2.58. The lowest BCUT2D eigenvalue weighted by Gasteiger charge is -2.29. The molecule has 0 radical (unpaired) electrons. The van der Waals surface area contributed by atoms with Gasteiger partial charge in [0.15, 0.2) is 0 Å². The van der Waals surface area contributed by atoms with Crippen molar-refractivity contribution >= 4 is 23.4 Å². The Balaban J connectivity index is 1.68. The Bertz CT molecular complexity index is 671. The van der Waals surface area contributed by atoms with Crippen LogP contribution < -0.4 is 15.5 Å². The first-order valence-electron chi connectivity index (χ1n) is 8.23. The Labute approximate surface area is 139 Å². The van der Waals surface area contributed by atoms with Gasteiger partial charge in [-0.3, -0.25) is 19.7 Å². The van der Waals surface area contributed by atoms with Gasteiger partial charge in [-0.1, -0.05) is 0 Å². The van der Waals surface area contributed by atoms with Crippen LogP contribution in [0.5, 0.6) is 0 Å². The molecule has 0 aliphatic carbocycles. The molecular weight excluding hydrogens is 313 g/mol. The topological polar surface area (TPSA) is 78.5 Å². The van der Waals surface area contributed by atoms with Crippen LogP contribution in [0.4, 0.5) is 10.1 Å². The normalized spacial score (nSPS) is 21.4. The van der Waals surface area contributed by atoms with Crippen LogP contribution in [0.2, 0.25) is 0 Å². The number of carbonyl (C=O) groups is 3. The van der Waals surface area contributed by atoms with Crippen LogP contribution in [-0.2, 0) is 9.59 Å². The van der Waals surface area contributed by atoms with E-state index in [-0.39, 0.29) is 24.3 Å². The van der Waals surface area contributed by atoms with Crippen molar-refractivity contribution in [1.29, 1.82) is 0 Å². The number of hydrogen-bond acceptors (Lipinski definition) is 4. The van der Waals surface area contributed by atoms with Gasteiger partial charge in [0.1, 0.15) is 11.9 Å². The summed E-state index contributed by atoms with van der Waals surface area (Å²) in [4.78, 5) is 37.0. The predicted molar refractivity (Wildman–Crippen MR) is 86.1 cm³/mol. The molecule has 1 aromatic carbocycles. The van der Waals surface area contributed by atoms with Crippen molar-refractivity contribution < 1.29 is 18.8 Å². The van der Waals surface area contributed by atoms with E-state index in [0.29, 0.717) is 5.69 Å². The number of amides is 3. The van der Waals surface area contributed by atoms with E-state index in [0.717, 1.165) is 32.4 Å². The molecule has 2 aliphatic rings. The molecule has 2 fully saturated rings. The SMILES string of the molecule is O=C1CC[C@H](NC(=O)c2ccc(N3CCCCC3)c(F)c2)C(=O)N1. The Morgan fingerprint density at radius 1 is 1.21 bits per heavy atom. The van der Waals surface area contributed by atoms with E-state index >= 15 is 0 Å². The Kier molecular flexibility index (Phi) is 4.78. The highest BCUT2D eigenvalue weighted by Crippen LogP contribution is 2.24. The summed E-state index contributed by atoms with van der Waals surface area (Å²) in [6, 6.07) is 3.61. The van der Waals surface area contributed by atoms with Crippen LogP contribution in [0.1, 0.15) is 42.5 Å². The number of hydrogen-bond donors (Lipinski definition) is 2. The lowest BCUT2D eigenvalue weighted by molar-refractivity contribution is -0.134. The number of anilines is 1. The third kappa shape index (κ3) is 3.55. The summed E-state index contributed by atoms with van der Waals surface area (Å²) in [6.45, 7) is 1.64. The minimum absolute atomic E-state index is 0.165. The molecule has 24 heavy (non-hydrogen) atoms. The highest BCUT2D eigenvalue weighted by Gasteiger charge is 2.28. The van der Waals surface area contributed by atoms with Gasteiger partial charge < -0.3 is 10.2 Å². The van der Waals surface area contributed by atoms with E-state index in [1.807, 2.05) is 4.90 Å². The minimum atomic E-state index is -0.764. The van der Waals surface area contributed by atoms with Gasteiger partial charge in [0.05, 0.1) is 5.69 Å². The molecule has 128 valence electrons. The van der Waals surface area contributed by atoms with E-state index < -0.39 is 23.7 Å². The van der Waals surface area contributed by atoms with E-state index in [1.54, 1.807) is 12.1 Å². The lowest BCUT2D eigenvalue weighted by atomic mass is 10.0. The molecule has 6 nitrogen and oxygen atoms in total. The molecule has 2 N–H and O–H groups in total. The quantitative estimate of drug-likeness (QED) is 0.819. The van der Waals surface area contributed by atoms with Crippen molar-refractivity contribution in [3.8, 4) is 0 Å². The summed E-state index contributed by atoms with van der Waals surface area (Å²) in [5.74, 6) is -1.83. The maximum absolute atomic E-state index is 14.4. The van der Waals surface area contributed by atoms with Crippen molar-refractivity contribution in [3.05, 3.63) is 29.6 Å². The molecule has 3 amide bonds. The van der Waals surface area contributed by atoms with E-state index in [9.17, 15) is 18.8 Å². The standard InChI is InChI=1S/C17H20FN3O3/c18-12-10-11(4-6-14(12)21-8-2-1-3-9-21)16(23)19-13-5-7-15(22)20-17(13)24/h4,6,10,13H,1-3,5,7-9H2,(H,19,23)(H,20,22,24)/t13-/m0/s1. The molecular formula is C17H20FN3O3. The highest BCUT2D eigenvalue weighted by molar-refractivity contribution is 6.03. The molecule has 0 bridgehead atoms. The second-order valence-corrected chi connectivity index (χ2v) is 6.19. The van der Waals surface area contributed by atoms with Crippen LogP contribution in [0.25, 0.3) is 0 Å². The average molecular weight is 333 g/mol. The van der Waals surface area contributed by atoms with Crippen molar-refractivity contribution in [2.75, 3.05) is 18.0 Å². The third-order valence-electron chi connectivity index (χ3n) is 4.45. The summed E-state index contributed by atoms with van der Waals surface area (Å²) in [6.07, 6.45) is 3.67. The maximum Gasteiger partial charge on any atom is 0.252 e. The minimum Gasteiger partial charge on any atom is -0.369 e. The van der Waals surface area contributed by atoms with E-state index in [2.05, 4.69) is 10.6 Å². The molecule has 2 saturated heterocycles. The maximum atomic E-state index is 14.4. The summed E-state index contributed by atoms with van der Waals surface area (Å²) in [5, 5.41) is 4.72. The molecule has 7 heteroatoms. The number of piperidine rings is 2. The van der Waals surface area contributed by atoms with Gasteiger partial charge in [-0.2, -0.15) is 0 Å². The zero-order valence-corrected chi connectivity index (χ0v) is 13.3.